The molecule has 2 aliphatic rings. The fourth-order valence-electron chi connectivity index (χ4n) is 8.43. The van der Waals surface area contributed by atoms with E-state index in [1.54, 1.807) is 0 Å². The van der Waals surface area contributed by atoms with Crippen LogP contribution < -0.4 is 9.64 Å². The monoisotopic (exact) mass is 679 g/mol. The van der Waals surface area contributed by atoms with Gasteiger partial charge in [0.25, 0.3) is 0 Å². The highest BCUT2D eigenvalue weighted by molar-refractivity contribution is 5.94. The molecule has 2 nitrogen and oxygen atoms in total. The van der Waals surface area contributed by atoms with Crippen molar-refractivity contribution in [2.75, 3.05) is 4.90 Å². The van der Waals surface area contributed by atoms with E-state index in [9.17, 15) is 0 Å². The van der Waals surface area contributed by atoms with Crippen LogP contribution in [-0.2, 0) is 5.41 Å². The van der Waals surface area contributed by atoms with E-state index in [1.165, 1.54) is 44.5 Å². The minimum atomic E-state index is -0.100. The van der Waals surface area contributed by atoms with Gasteiger partial charge in [0.15, 0.2) is 0 Å². The van der Waals surface area contributed by atoms with E-state index < -0.39 is 0 Å². The first-order valence-corrected chi connectivity index (χ1v) is 18.3. The Balaban J connectivity index is 1.09. The summed E-state index contributed by atoms with van der Waals surface area (Å²) in [5.41, 5.74) is 17.8. The van der Waals surface area contributed by atoms with Gasteiger partial charge in [0, 0.05) is 39.2 Å². The van der Waals surface area contributed by atoms with Crippen molar-refractivity contribution in [1.82, 2.24) is 0 Å². The van der Waals surface area contributed by atoms with Crippen molar-refractivity contribution in [3.63, 3.8) is 0 Å². The van der Waals surface area contributed by atoms with Crippen molar-refractivity contribution in [2.45, 2.75) is 19.3 Å². The largest absolute Gasteiger partial charge is 0.455 e. The molecular formula is C51H37NO. The molecule has 1 heterocycles. The third-order valence-electron chi connectivity index (χ3n) is 11.1. The highest BCUT2D eigenvalue weighted by atomic mass is 16.5. The standard InChI is InChI=1S/C51H37NO/c1-51(2)47-21-10-8-17-43(47)44-32-31-39(33-48(44)51)52(37-27-23-35(24-28-37)34-13-4-3-5-14-34)38-29-25-36(26-30-38)40-19-12-20-46-42-16-7-6-15-41(42)45-18-9-11-22-49(45)53-50(40)46/h3-33H,1-2H3. The molecule has 2 heteroatoms. The van der Waals surface area contributed by atoms with Crippen LogP contribution in [0.15, 0.2) is 188 Å². The van der Waals surface area contributed by atoms with Gasteiger partial charge in [-0.2, -0.15) is 0 Å². The molecule has 0 N–H and O–H groups in total. The number of benzene rings is 8. The molecule has 0 bridgehead atoms. The van der Waals surface area contributed by atoms with Gasteiger partial charge in [-0.1, -0.05) is 159 Å². The molecule has 0 saturated heterocycles. The number of hydrogen-bond donors (Lipinski definition) is 0. The van der Waals surface area contributed by atoms with Gasteiger partial charge >= 0.3 is 0 Å². The van der Waals surface area contributed by atoms with Gasteiger partial charge < -0.3 is 9.64 Å². The molecule has 0 unspecified atom stereocenters. The molecule has 0 amide bonds. The number of nitrogens with zero attached hydrogens (tertiary/aromatic N) is 1. The Morgan fingerprint density at radius 1 is 0.358 bits per heavy atom. The molecule has 0 saturated carbocycles. The zero-order valence-corrected chi connectivity index (χ0v) is 29.8. The molecule has 1 aliphatic carbocycles. The minimum absolute atomic E-state index is 0.100. The molecule has 0 spiro atoms. The van der Waals surface area contributed by atoms with Crippen LogP contribution in [0.1, 0.15) is 25.0 Å². The lowest BCUT2D eigenvalue weighted by Gasteiger charge is -2.28. The topological polar surface area (TPSA) is 12.5 Å². The summed E-state index contributed by atoms with van der Waals surface area (Å²) in [6.07, 6.45) is 0. The summed E-state index contributed by atoms with van der Waals surface area (Å²) in [6, 6.07) is 67.7. The summed E-state index contributed by atoms with van der Waals surface area (Å²) in [5.74, 6) is 1.75. The van der Waals surface area contributed by atoms with E-state index in [-0.39, 0.29) is 5.41 Å². The second kappa shape index (κ2) is 12.3. The maximum Gasteiger partial charge on any atom is 0.143 e. The second-order valence-electron chi connectivity index (χ2n) is 14.5. The summed E-state index contributed by atoms with van der Waals surface area (Å²) in [6.45, 7) is 4.69. The molecule has 1 aliphatic heterocycles. The number of rotatable bonds is 5. The zero-order chi connectivity index (χ0) is 35.5. The fraction of sp³-hybridized carbons (Fsp3) is 0.0588. The second-order valence-corrected chi connectivity index (χ2v) is 14.5. The van der Waals surface area contributed by atoms with Crippen LogP contribution in [0, 0.1) is 0 Å². The van der Waals surface area contributed by atoms with Crippen molar-refractivity contribution in [3.05, 3.63) is 199 Å². The van der Waals surface area contributed by atoms with E-state index in [0.717, 1.165) is 50.8 Å². The van der Waals surface area contributed by atoms with E-state index in [4.69, 9.17) is 4.74 Å². The molecular weight excluding hydrogens is 643 g/mol. The predicted octanol–water partition coefficient (Wildman–Crippen LogP) is 14.2. The van der Waals surface area contributed by atoms with E-state index >= 15 is 0 Å². The first kappa shape index (κ1) is 31.1. The fourth-order valence-corrected chi connectivity index (χ4v) is 8.43. The number of anilines is 3. The van der Waals surface area contributed by atoms with Crippen molar-refractivity contribution in [3.8, 4) is 67.1 Å². The maximum atomic E-state index is 6.81. The Bertz CT molecular complexity index is 2650. The lowest BCUT2D eigenvalue weighted by molar-refractivity contribution is 0.489. The van der Waals surface area contributed by atoms with Crippen molar-refractivity contribution >= 4 is 17.1 Å². The van der Waals surface area contributed by atoms with Crippen molar-refractivity contribution < 1.29 is 4.74 Å². The lowest BCUT2D eigenvalue weighted by atomic mass is 9.82. The average Bonchev–Trinajstić information content (AvgIpc) is 3.34. The predicted molar refractivity (Wildman–Crippen MR) is 221 cm³/mol. The normalized spacial score (nSPS) is 13.0. The molecule has 0 fully saturated rings. The molecule has 8 aromatic carbocycles. The van der Waals surface area contributed by atoms with Crippen molar-refractivity contribution in [2.24, 2.45) is 0 Å². The Kier molecular flexibility index (Phi) is 7.19. The molecule has 10 rings (SSSR count). The highest BCUT2D eigenvalue weighted by Gasteiger charge is 2.35. The van der Waals surface area contributed by atoms with Gasteiger partial charge in [0.2, 0.25) is 0 Å². The Hall–Kier alpha value is -6.64. The number of ether oxygens (including phenoxy) is 1. The van der Waals surface area contributed by atoms with Gasteiger partial charge in [0.05, 0.1) is 0 Å². The van der Waals surface area contributed by atoms with E-state index in [0.29, 0.717) is 0 Å². The smallest absolute Gasteiger partial charge is 0.143 e. The summed E-state index contributed by atoms with van der Waals surface area (Å²) in [5, 5.41) is 0. The molecule has 0 radical (unpaired) electrons. The van der Waals surface area contributed by atoms with E-state index in [2.05, 4.69) is 201 Å². The van der Waals surface area contributed by atoms with Crippen LogP contribution in [0.3, 0.4) is 0 Å². The first-order valence-electron chi connectivity index (χ1n) is 18.3. The number of fused-ring (bicyclic) bond motifs is 8. The van der Waals surface area contributed by atoms with Crippen LogP contribution in [-0.4, -0.2) is 0 Å². The van der Waals surface area contributed by atoms with Crippen molar-refractivity contribution in [1.29, 1.82) is 0 Å². The zero-order valence-electron chi connectivity index (χ0n) is 29.8. The third-order valence-corrected chi connectivity index (χ3v) is 11.1. The highest BCUT2D eigenvalue weighted by Crippen LogP contribution is 2.52. The van der Waals surface area contributed by atoms with Crippen LogP contribution in [0.5, 0.6) is 11.5 Å². The number of hydrogen-bond acceptors (Lipinski definition) is 2. The lowest BCUT2D eigenvalue weighted by Crippen LogP contribution is -2.16. The van der Waals surface area contributed by atoms with Gasteiger partial charge in [0.1, 0.15) is 11.5 Å². The summed E-state index contributed by atoms with van der Waals surface area (Å²) < 4.78 is 6.81. The summed E-state index contributed by atoms with van der Waals surface area (Å²) in [7, 11) is 0. The quantitative estimate of drug-likeness (QED) is 0.180. The van der Waals surface area contributed by atoms with Gasteiger partial charge in [-0.05, 0) is 92.5 Å². The Morgan fingerprint density at radius 3 is 1.60 bits per heavy atom. The first-order chi connectivity index (χ1) is 26.0. The SMILES string of the molecule is CC1(C)c2ccccc2-c2ccc(N(c3ccc(-c4ccccc4)cc3)c3ccc(-c4cccc5c4Oc4ccccc4-c4ccccc4-5)cc3)cc21. The molecule has 252 valence electrons. The summed E-state index contributed by atoms with van der Waals surface area (Å²) >= 11 is 0. The Labute approximate surface area is 311 Å². The average molecular weight is 680 g/mol. The van der Waals surface area contributed by atoms with Gasteiger partial charge in [-0.15, -0.1) is 0 Å². The minimum Gasteiger partial charge on any atom is -0.455 e. The molecule has 53 heavy (non-hydrogen) atoms. The van der Waals surface area contributed by atoms with Crippen LogP contribution in [0.4, 0.5) is 17.1 Å². The van der Waals surface area contributed by atoms with Crippen LogP contribution in [0.2, 0.25) is 0 Å². The van der Waals surface area contributed by atoms with E-state index in [1.807, 2.05) is 6.07 Å². The van der Waals surface area contributed by atoms with Gasteiger partial charge in [-0.3, -0.25) is 0 Å². The maximum absolute atomic E-state index is 6.81. The molecule has 8 aromatic rings. The summed E-state index contributed by atoms with van der Waals surface area (Å²) in [4.78, 5) is 2.38. The molecule has 0 atom stereocenters. The van der Waals surface area contributed by atoms with Crippen LogP contribution in [0.25, 0.3) is 55.6 Å². The van der Waals surface area contributed by atoms with Gasteiger partial charge in [-0.25, -0.2) is 0 Å². The Morgan fingerprint density at radius 2 is 0.868 bits per heavy atom. The number of para-hydroxylation sites is 2. The van der Waals surface area contributed by atoms with Crippen LogP contribution >= 0.6 is 0 Å². The molecule has 0 aromatic heterocycles. The third kappa shape index (κ3) is 5.10.